The van der Waals surface area contributed by atoms with Crippen LogP contribution in [0.4, 0.5) is 0 Å². The molecular formula is C10H15BN2O2. The van der Waals surface area contributed by atoms with Gasteiger partial charge in [-0.1, -0.05) is 12.8 Å². The van der Waals surface area contributed by atoms with E-state index in [4.69, 9.17) is 9.69 Å². The molecule has 1 aliphatic carbocycles. The highest BCUT2D eigenvalue weighted by molar-refractivity contribution is 6.30. The van der Waals surface area contributed by atoms with Crippen molar-refractivity contribution < 1.29 is 9.69 Å². The van der Waals surface area contributed by atoms with E-state index in [0.29, 0.717) is 25.9 Å². The Hall–Kier alpha value is -0.805. The summed E-state index contributed by atoms with van der Waals surface area (Å²) in [6.45, 7) is 0.663. The van der Waals surface area contributed by atoms with Gasteiger partial charge in [0.15, 0.2) is 0 Å². The lowest BCUT2D eigenvalue weighted by molar-refractivity contribution is -0.183. The van der Waals surface area contributed by atoms with E-state index >= 15 is 0 Å². The van der Waals surface area contributed by atoms with E-state index in [2.05, 4.69) is 16.0 Å². The zero-order valence-corrected chi connectivity index (χ0v) is 8.76. The van der Waals surface area contributed by atoms with Gasteiger partial charge in [-0.05, 0) is 18.4 Å². The molecule has 0 radical (unpaired) electrons. The highest BCUT2D eigenvalue weighted by Gasteiger charge is 2.25. The van der Waals surface area contributed by atoms with Crippen LogP contribution in [0.1, 0.15) is 43.1 Å². The highest BCUT2D eigenvalue weighted by Crippen LogP contribution is 2.30. The Kier molecular flexibility index (Phi) is 2.50. The van der Waals surface area contributed by atoms with Gasteiger partial charge in [0.05, 0.1) is 18.8 Å². The van der Waals surface area contributed by atoms with Crippen LogP contribution in [-0.4, -0.2) is 23.9 Å². The minimum absolute atomic E-state index is 0.375. The summed E-state index contributed by atoms with van der Waals surface area (Å²) in [5.74, 6) is 0.375. The van der Waals surface area contributed by atoms with Crippen LogP contribution in [-0.2, 0) is 9.69 Å². The maximum atomic E-state index is 4.91. The SMILES string of the molecule is B1OOCC1c1cnn(C2CCCC2)c1. The summed E-state index contributed by atoms with van der Waals surface area (Å²) in [7, 11) is 0.663. The monoisotopic (exact) mass is 206 g/mol. The smallest absolute Gasteiger partial charge is 0.309 e. The molecule has 2 aliphatic rings. The third-order valence-corrected chi connectivity index (χ3v) is 3.41. The lowest BCUT2D eigenvalue weighted by atomic mass is 9.78. The molecule has 0 bridgehead atoms. The summed E-state index contributed by atoms with van der Waals surface area (Å²) in [6.07, 6.45) is 9.36. The van der Waals surface area contributed by atoms with Crippen molar-refractivity contribution in [1.29, 1.82) is 0 Å². The van der Waals surface area contributed by atoms with E-state index in [-0.39, 0.29) is 0 Å². The summed E-state index contributed by atoms with van der Waals surface area (Å²) >= 11 is 0. The Morgan fingerprint density at radius 3 is 3.00 bits per heavy atom. The van der Waals surface area contributed by atoms with E-state index in [0.717, 1.165) is 0 Å². The molecule has 1 aromatic heterocycles. The predicted molar refractivity (Wildman–Crippen MR) is 56.7 cm³/mol. The van der Waals surface area contributed by atoms with Crippen molar-refractivity contribution in [3.63, 3.8) is 0 Å². The lowest BCUT2D eigenvalue weighted by Gasteiger charge is -2.08. The molecule has 2 fully saturated rings. The van der Waals surface area contributed by atoms with Crippen LogP contribution in [0.3, 0.4) is 0 Å². The minimum Gasteiger partial charge on any atom is -0.309 e. The molecule has 0 N–H and O–H groups in total. The molecular weight excluding hydrogens is 191 g/mol. The molecule has 4 nitrogen and oxygen atoms in total. The predicted octanol–water partition coefficient (Wildman–Crippen LogP) is 1.35. The molecule has 1 saturated heterocycles. The fourth-order valence-corrected chi connectivity index (χ4v) is 2.43. The summed E-state index contributed by atoms with van der Waals surface area (Å²) in [5, 5.41) is 4.45. The van der Waals surface area contributed by atoms with Crippen molar-refractivity contribution in [1.82, 2.24) is 9.78 Å². The van der Waals surface area contributed by atoms with Crippen LogP contribution < -0.4 is 0 Å². The molecule has 0 aromatic carbocycles. The van der Waals surface area contributed by atoms with Crippen molar-refractivity contribution in [2.75, 3.05) is 6.61 Å². The van der Waals surface area contributed by atoms with Crippen LogP contribution >= 0.6 is 0 Å². The number of rotatable bonds is 2. The number of hydrogen-bond acceptors (Lipinski definition) is 3. The third-order valence-electron chi connectivity index (χ3n) is 3.41. The second-order valence-electron chi connectivity index (χ2n) is 4.46. The molecule has 1 aliphatic heterocycles. The topological polar surface area (TPSA) is 36.3 Å². The van der Waals surface area contributed by atoms with Gasteiger partial charge in [0.1, 0.15) is 0 Å². The van der Waals surface area contributed by atoms with E-state index in [1.807, 2.05) is 6.20 Å². The van der Waals surface area contributed by atoms with Gasteiger partial charge in [-0.2, -0.15) is 5.10 Å². The zero-order valence-electron chi connectivity index (χ0n) is 8.76. The first-order valence-electron chi connectivity index (χ1n) is 5.72. The Labute approximate surface area is 89.8 Å². The molecule has 3 rings (SSSR count). The fraction of sp³-hybridized carbons (Fsp3) is 0.700. The van der Waals surface area contributed by atoms with Crippen LogP contribution in [0.2, 0.25) is 0 Å². The number of nitrogens with zero attached hydrogens (tertiary/aromatic N) is 2. The average Bonchev–Trinajstić information content (AvgIpc) is 3.02. The van der Waals surface area contributed by atoms with Gasteiger partial charge in [-0.25, -0.2) is 0 Å². The van der Waals surface area contributed by atoms with E-state index < -0.39 is 0 Å². The molecule has 0 spiro atoms. The summed E-state index contributed by atoms with van der Waals surface area (Å²) < 4.78 is 2.13. The van der Waals surface area contributed by atoms with Gasteiger partial charge < -0.3 is 4.81 Å². The second-order valence-corrected chi connectivity index (χ2v) is 4.46. The second kappa shape index (κ2) is 3.98. The average molecular weight is 206 g/mol. The lowest BCUT2D eigenvalue weighted by Crippen LogP contribution is -2.06. The first kappa shape index (κ1) is 9.42. The molecule has 1 aromatic rings. The van der Waals surface area contributed by atoms with Crippen LogP contribution in [0, 0.1) is 0 Å². The van der Waals surface area contributed by atoms with Gasteiger partial charge in [0.25, 0.3) is 0 Å². The van der Waals surface area contributed by atoms with Crippen molar-refractivity contribution in [2.45, 2.75) is 37.5 Å². The molecule has 5 heteroatoms. The van der Waals surface area contributed by atoms with E-state index in [1.165, 1.54) is 31.2 Å². The van der Waals surface area contributed by atoms with Gasteiger partial charge in [0.2, 0.25) is 0 Å². The van der Waals surface area contributed by atoms with Crippen molar-refractivity contribution in [3.8, 4) is 0 Å². The molecule has 1 unspecified atom stereocenters. The molecule has 2 heterocycles. The van der Waals surface area contributed by atoms with Crippen LogP contribution in [0.25, 0.3) is 0 Å². The largest absolute Gasteiger partial charge is 0.333 e. The molecule has 80 valence electrons. The fourth-order valence-electron chi connectivity index (χ4n) is 2.43. The maximum absolute atomic E-state index is 4.91. The van der Waals surface area contributed by atoms with Crippen LogP contribution in [0.5, 0.6) is 0 Å². The molecule has 1 atom stereocenters. The van der Waals surface area contributed by atoms with Crippen molar-refractivity contribution in [3.05, 3.63) is 18.0 Å². The molecule has 15 heavy (non-hydrogen) atoms. The first-order chi connectivity index (χ1) is 7.43. The van der Waals surface area contributed by atoms with E-state index in [9.17, 15) is 0 Å². The maximum Gasteiger partial charge on any atom is 0.333 e. The first-order valence-corrected chi connectivity index (χ1v) is 5.72. The third kappa shape index (κ3) is 1.81. The normalized spacial score (nSPS) is 27.1. The van der Waals surface area contributed by atoms with Gasteiger partial charge in [0, 0.05) is 12.0 Å². The number of hydrogen-bond donors (Lipinski definition) is 0. The zero-order chi connectivity index (χ0) is 10.1. The Morgan fingerprint density at radius 2 is 2.27 bits per heavy atom. The van der Waals surface area contributed by atoms with Gasteiger partial charge in [-0.3, -0.25) is 9.57 Å². The van der Waals surface area contributed by atoms with Crippen molar-refractivity contribution >= 4 is 7.48 Å². The summed E-state index contributed by atoms with van der Waals surface area (Å²) in [4.78, 5) is 9.82. The Morgan fingerprint density at radius 1 is 1.40 bits per heavy atom. The van der Waals surface area contributed by atoms with Gasteiger partial charge in [-0.15, -0.1) is 0 Å². The number of aromatic nitrogens is 2. The summed E-state index contributed by atoms with van der Waals surface area (Å²) in [5.41, 5.74) is 1.25. The summed E-state index contributed by atoms with van der Waals surface area (Å²) in [6, 6.07) is 0.627. The quantitative estimate of drug-likeness (QED) is 0.541. The molecule has 1 saturated carbocycles. The van der Waals surface area contributed by atoms with Crippen LogP contribution in [0.15, 0.2) is 12.4 Å². The van der Waals surface area contributed by atoms with Gasteiger partial charge >= 0.3 is 7.48 Å². The highest BCUT2D eigenvalue weighted by atomic mass is 17.2. The van der Waals surface area contributed by atoms with E-state index in [1.54, 1.807) is 0 Å². The minimum atomic E-state index is 0.375. The van der Waals surface area contributed by atoms with Crippen molar-refractivity contribution in [2.24, 2.45) is 0 Å². The molecule has 0 amide bonds. The Balaban J connectivity index is 1.74. The standard InChI is InChI=1S/C10H15BN2O2/c1-2-4-9(3-1)13-6-8(5-12-13)10-7-14-15-11-10/h5-6,9-11H,1-4,7H2. The Bertz CT molecular complexity index is 299.